The third-order valence-corrected chi connectivity index (χ3v) is 3.64. The Kier molecular flexibility index (Phi) is 6.36. The van der Waals surface area contributed by atoms with E-state index in [0.29, 0.717) is 24.0 Å². The van der Waals surface area contributed by atoms with Crippen LogP contribution in [0.25, 0.3) is 0 Å². The molecule has 112 valence electrons. The molecule has 2 aromatic carbocycles. The molecule has 0 atom stereocenters. The van der Waals surface area contributed by atoms with Crippen LogP contribution in [-0.2, 0) is 6.54 Å². The smallest absolute Gasteiger partial charge is 0.139 e. The fourth-order valence-electron chi connectivity index (χ4n) is 1.87. The van der Waals surface area contributed by atoms with Crippen molar-refractivity contribution in [2.75, 3.05) is 20.3 Å². The van der Waals surface area contributed by atoms with E-state index in [0.717, 1.165) is 22.3 Å². The van der Waals surface area contributed by atoms with Gasteiger partial charge in [0.05, 0.1) is 5.02 Å². The minimum atomic E-state index is 0.435. The summed E-state index contributed by atoms with van der Waals surface area (Å²) in [6.45, 7) is 1.67. The maximum absolute atomic E-state index is 6.06. The Morgan fingerprint density at radius 3 is 2.52 bits per heavy atom. The van der Waals surface area contributed by atoms with E-state index < -0.39 is 0 Å². The fourth-order valence-corrected chi connectivity index (χ4v) is 2.38. The van der Waals surface area contributed by atoms with Crippen LogP contribution >= 0.6 is 27.5 Å². The van der Waals surface area contributed by atoms with Gasteiger partial charge in [-0.1, -0.05) is 45.7 Å². The number of halogens is 2. The fraction of sp³-hybridized carbons (Fsp3) is 0.250. The second-order valence-corrected chi connectivity index (χ2v) is 5.73. The van der Waals surface area contributed by atoms with Crippen LogP contribution < -0.4 is 14.8 Å². The van der Waals surface area contributed by atoms with Crippen LogP contribution in [0.2, 0.25) is 5.02 Å². The van der Waals surface area contributed by atoms with Crippen LogP contribution in [0.3, 0.4) is 0 Å². The van der Waals surface area contributed by atoms with Gasteiger partial charge < -0.3 is 14.8 Å². The predicted molar refractivity (Wildman–Crippen MR) is 89.3 cm³/mol. The lowest BCUT2D eigenvalue weighted by molar-refractivity contribution is 0.216. The molecule has 0 fully saturated rings. The Morgan fingerprint density at radius 1 is 1.05 bits per heavy atom. The highest BCUT2D eigenvalue weighted by molar-refractivity contribution is 9.10. The zero-order chi connectivity index (χ0) is 15.1. The van der Waals surface area contributed by atoms with Gasteiger partial charge in [-0.05, 0) is 31.3 Å². The SMILES string of the molecule is CNCc1ccccc1OCCOc1cc(Br)ccc1Cl. The molecule has 21 heavy (non-hydrogen) atoms. The Bertz CT molecular complexity index is 592. The van der Waals surface area contributed by atoms with Gasteiger partial charge in [0, 0.05) is 16.6 Å². The molecule has 1 N–H and O–H groups in total. The van der Waals surface area contributed by atoms with E-state index >= 15 is 0 Å². The molecule has 0 amide bonds. The van der Waals surface area contributed by atoms with Gasteiger partial charge >= 0.3 is 0 Å². The average Bonchev–Trinajstić information content (AvgIpc) is 2.49. The summed E-state index contributed by atoms with van der Waals surface area (Å²) in [5.41, 5.74) is 1.13. The summed E-state index contributed by atoms with van der Waals surface area (Å²) in [4.78, 5) is 0. The van der Waals surface area contributed by atoms with Gasteiger partial charge in [0.1, 0.15) is 24.7 Å². The maximum atomic E-state index is 6.06. The van der Waals surface area contributed by atoms with Crippen LogP contribution in [0.5, 0.6) is 11.5 Å². The first-order chi connectivity index (χ1) is 10.2. The van der Waals surface area contributed by atoms with E-state index in [1.807, 2.05) is 43.4 Å². The van der Waals surface area contributed by atoms with Crippen molar-refractivity contribution in [2.45, 2.75) is 6.54 Å². The number of rotatable bonds is 7. The van der Waals surface area contributed by atoms with Gasteiger partial charge in [0.25, 0.3) is 0 Å². The molecule has 0 aromatic heterocycles. The lowest BCUT2D eigenvalue weighted by Crippen LogP contribution is -2.12. The number of nitrogens with one attached hydrogen (secondary N) is 1. The predicted octanol–water partition coefficient (Wildman–Crippen LogP) is 4.28. The van der Waals surface area contributed by atoms with Crippen LogP contribution in [0, 0.1) is 0 Å². The van der Waals surface area contributed by atoms with E-state index in [1.54, 1.807) is 6.07 Å². The molecule has 0 heterocycles. The van der Waals surface area contributed by atoms with E-state index in [9.17, 15) is 0 Å². The Balaban J connectivity index is 1.86. The van der Waals surface area contributed by atoms with Crippen LogP contribution in [0.15, 0.2) is 46.9 Å². The topological polar surface area (TPSA) is 30.5 Å². The van der Waals surface area contributed by atoms with Crippen LogP contribution in [-0.4, -0.2) is 20.3 Å². The van der Waals surface area contributed by atoms with Crippen LogP contribution in [0.1, 0.15) is 5.56 Å². The third-order valence-electron chi connectivity index (χ3n) is 2.83. The first kappa shape index (κ1) is 16.1. The molecule has 0 saturated heterocycles. The van der Waals surface area contributed by atoms with Gasteiger partial charge in [-0.15, -0.1) is 0 Å². The van der Waals surface area contributed by atoms with Crippen molar-refractivity contribution in [3.63, 3.8) is 0 Å². The van der Waals surface area contributed by atoms with Crippen molar-refractivity contribution in [2.24, 2.45) is 0 Å². The molecule has 5 heteroatoms. The quantitative estimate of drug-likeness (QED) is 0.738. The second kappa shape index (κ2) is 8.27. The molecular weight excluding hydrogens is 354 g/mol. The highest BCUT2D eigenvalue weighted by Gasteiger charge is 2.04. The van der Waals surface area contributed by atoms with Crippen molar-refractivity contribution >= 4 is 27.5 Å². The van der Waals surface area contributed by atoms with Crippen molar-refractivity contribution in [3.8, 4) is 11.5 Å². The van der Waals surface area contributed by atoms with E-state index in [4.69, 9.17) is 21.1 Å². The van der Waals surface area contributed by atoms with Gasteiger partial charge in [-0.3, -0.25) is 0 Å². The standard InChI is InChI=1S/C16H17BrClNO2/c1-19-11-12-4-2-3-5-15(12)20-8-9-21-16-10-13(17)6-7-14(16)18/h2-7,10,19H,8-9,11H2,1H3. The molecule has 0 saturated carbocycles. The van der Waals surface area contributed by atoms with Crippen molar-refractivity contribution in [1.29, 1.82) is 0 Å². The van der Waals surface area contributed by atoms with Gasteiger partial charge in [-0.25, -0.2) is 0 Å². The molecule has 0 radical (unpaired) electrons. The third kappa shape index (κ3) is 4.92. The first-order valence-electron chi connectivity index (χ1n) is 6.64. The minimum absolute atomic E-state index is 0.435. The lowest BCUT2D eigenvalue weighted by atomic mass is 10.2. The highest BCUT2D eigenvalue weighted by Crippen LogP contribution is 2.27. The molecule has 2 rings (SSSR count). The van der Waals surface area contributed by atoms with Crippen molar-refractivity contribution < 1.29 is 9.47 Å². The summed E-state index contributed by atoms with van der Waals surface area (Å²) in [7, 11) is 1.91. The molecule has 0 aliphatic rings. The summed E-state index contributed by atoms with van der Waals surface area (Å²) in [6.07, 6.45) is 0. The van der Waals surface area contributed by atoms with E-state index in [-0.39, 0.29) is 0 Å². The van der Waals surface area contributed by atoms with Gasteiger partial charge in [0.2, 0.25) is 0 Å². The number of benzene rings is 2. The normalized spacial score (nSPS) is 10.4. The Hall–Kier alpha value is -1.23. The monoisotopic (exact) mass is 369 g/mol. The highest BCUT2D eigenvalue weighted by atomic mass is 79.9. The lowest BCUT2D eigenvalue weighted by Gasteiger charge is -2.12. The molecule has 0 unspecified atom stereocenters. The van der Waals surface area contributed by atoms with Crippen molar-refractivity contribution in [1.82, 2.24) is 5.32 Å². The molecular formula is C16H17BrClNO2. The Morgan fingerprint density at radius 2 is 1.76 bits per heavy atom. The average molecular weight is 371 g/mol. The molecule has 0 aliphatic heterocycles. The van der Waals surface area contributed by atoms with Gasteiger partial charge in [-0.2, -0.15) is 0 Å². The molecule has 0 aliphatic carbocycles. The second-order valence-electron chi connectivity index (χ2n) is 4.41. The summed E-state index contributed by atoms with van der Waals surface area (Å²) in [6, 6.07) is 13.5. The summed E-state index contributed by atoms with van der Waals surface area (Å²) < 4.78 is 12.3. The van der Waals surface area contributed by atoms with Gasteiger partial charge in [0.15, 0.2) is 0 Å². The molecule has 0 bridgehead atoms. The summed E-state index contributed by atoms with van der Waals surface area (Å²) >= 11 is 9.46. The maximum Gasteiger partial charge on any atom is 0.139 e. The number of para-hydroxylation sites is 1. The molecule has 2 aromatic rings. The van der Waals surface area contributed by atoms with Crippen LogP contribution in [0.4, 0.5) is 0 Å². The summed E-state index contributed by atoms with van der Waals surface area (Å²) in [5, 5.41) is 3.71. The number of hydrogen-bond acceptors (Lipinski definition) is 3. The van der Waals surface area contributed by atoms with Crippen molar-refractivity contribution in [3.05, 3.63) is 57.5 Å². The zero-order valence-electron chi connectivity index (χ0n) is 11.7. The molecule has 0 spiro atoms. The summed E-state index contributed by atoms with van der Waals surface area (Å²) in [5.74, 6) is 1.52. The largest absolute Gasteiger partial charge is 0.490 e. The zero-order valence-corrected chi connectivity index (χ0v) is 14.1. The number of ether oxygens (including phenoxy) is 2. The molecule has 3 nitrogen and oxygen atoms in total. The number of hydrogen-bond donors (Lipinski definition) is 1. The van der Waals surface area contributed by atoms with E-state index in [2.05, 4.69) is 21.2 Å². The first-order valence-corrected chi connectivity index (χ1v) is 7.81. The Labute approximate surface area is 138 Å². The minimum Gasteiger partial charge on any atom is -0.490 e. The van der Waals surface area contributed by atoms with E-state index in [1.165, 1.54) is 0 Å².